The summed E-state index contributed by atoms with van der Waals surface area (Å²) in [5, 5.41) is 9.11. The molecule has 4 nitrogen and oxygen atoms in total. The van der Waals surface area contributed by atoms with Gasteiger partial charge in [-0.15, -0.1) is 0 Å². The standard InChI is InChI=1S/C11H15NO3/c1-2-15-8-11(12,10(13)14)9-6-4-3-5-7-9/h3-7H,2,8,12H2,1H3,(H,13,14)/t11-/m1/s1. The molecule has 1 rings (SSSR count). The van der Waals surface area contributed by atoms with Gasteiger partial charge in [0.05, 0.1) is 6.61 Å². The Balaban J connectivity index is 2.96. The second-order valence-electron chi connectivity index (χ2n) is 3.28. The van der Waals surface area contributed by atoms with Gasteiger partial charge in [0.2, 0.25) is 0 Å². The lowest BCUT2D eigenvalue weighted by Crippen LogP contribution is -2.48. The fourth-order valence-electron chi connectivity index (χ4n) is 1.27. The number of carboxylic acid groups (broad SMARTS) is 1. The number of hydrogen-bond donors (Lipinski definition) is 2. The zero-order chi connectivity index (χ0) is 11.3. The molecule has 1 atom stereocenters. The molecule has 1 aromatic rings. The molecule has 4 heteroatoms. The lowest BCUT2D eigenvalue weighted by Gasteiger charge is -2.24. The summed E-state index contributed by atoms with van der Waals surface area (Å²) in [5.74, 6) is -1.08. The van der Waals surface area contributed by atoms with Crippen molar-refractivity contribution in [2.75, 3.05) is 13.2 Å². The monoisotopic (exact) mass is 209 g/mol. The van der Waals surface area contributed by atoms with Crippen molar-refractivity contribution in [3.8, 4) is 0 Å². The van der Waals surface area contributed by atoms with Gasteiger partial charge in [-0.05, 0) is 12.5 Å². The van der Waals surface area contributed by atoms with Crippen molar-refractivity contribution in [3.05, 3.63) is 35.9 Å². The van der Waals surface area contributed by atoms with E-state index in [9.17, 15) is 4.79 Å². The molecule has 3 N–H and O–H groups in total. The fourth-order valence-corrected chi connectivity index (χ4v) is 1.27. The van der Waals surface area contributed by atoms with E-state index in [1.807, 2.05) is 6.07 Å². The number of nitrogens with two attached hydrogens (primary N) is 1. The summed E-state index contributed by atoms with van der Waals surface area (Å²) in [6, 6.07) is 8.70. The molecule has 0 amide bonds. The summed E-state index contributed by atoms with van der Waals surface area (Å²) in [6.45, 7) is 2.22. The molecule has 0 spiro atoms. The van der Waals surface area contributed by atoms with Gasteiger partial charge in [0, 0.05) is 6.61 Å². The molecule has 0 saturated heterocycles. The van der Waals surface area contributed by atoms with Gasteiger partial charge in [-0.25, -0.2) is 4.79 Å². The summed E-state index contributed by atoms with van der Waals surface area (Å²) < 4.78 is 5.11. The molecule has 15 heavy (non-hydrogen) atoms. The molecule has 0 aliphatic carbocycles. The Kier molecular flexibility index (Phi) is 3.82. The largest absolute Gasteiger partial charge is 0.480 e. The molecule has 1 aromatic carbocycles. The number of ether oxygens (including phenoxy) is 1. The van der Waals surface area contributed by atoms with Crippen LogP contribution in [0.2, 0.25) is 0 Å². The lowest BCUT2D eigenvalue weighted by molar-refractivity contribution is -0.146. The third kappa shape index (κ3) is 2.55. The number of benzene rings is 1. The van der Waals surface area contributed by atoms with Crippen molar-refractivity contribution in [2.24, 2.45) is 5.73 Å². The zero-order valence-electron chi connectivity index (χ0n) is 8.64. The molecular formula is C11H15NO3. The van der Waals surface area contributed by atoms with Gasteiger partial charge in [0.25, 0.3) is 0 Å². The van der Waals surface area contributed by atoms with Crippen LogP contribution in [0.4, 0.5) is 0 Å². The van der Waals surface area contributed by atoms with E-state index in [-0.39, 0.29) is 6.61 Å². The minimum atomic E-state index is -1.46. The van der Waals surface area contributed by atoms with Crippen LogP contribution in [0.3, 0.4) is 0 Å². The SMILES string of the molecule is CCOC[C@](N)(C(=O)O)c1ccccc1. The molecule has 0 radical (unpaired) electrons. The second kappa shape index (κ2) is 4.91. The normalized spacial score (nSPS) is 14.5. The zero-order valence-corrected chi connectivity index (χ0v) is 8.64. The van der Waals surface area contributed by atoms with Crippen molar-refractivity contribution in [1.29, 1.82) is 0 Å². The molecule has 0 aliphatic rings. The smallest absolute Gasteiger partial charge is 0.330 e. The lowest BCUT2D eigenvalue weighted by atomic mass is 9.92. The first kappa shape index (κ1) is 11.7. The van der Waals surface area contributed by atoms with E-state index in [4.69, 9.17) is 15.6 Å². The topological polar surface area (TPSA) is 72.5 Å². The number of aliphatic carboxylic acids is 1. The van der Waals surface area contributed by atoms with Crippen LogP contribution in [0.15, 0.2) is 30.3 Å². The van der Waals surface area contributed by atoms with Crippen molar-refractivity contribution >= 4 is 5.97 Å². The summed E-state index contributed by atoms with van der Waals surface area (Å²) in [7, 11) is 0. The van der Waals surface area contributed by atoms with E-state index in [0.717, 1.165) is 0 Å². The van der Waals surface area contributed by atoms with Crippen molar-refractivity contribution in [3.63, 3.8) is 0 Å². The fraction of sp³-hybridized carbons (Fsp3) is 0.364. The van der Waals surface area contributed by atoms with E-state index < -0.39 is 11.5 Å². The van der Waals surface area contributed by atoms with Crippen LogP contribution in [-0.4, -0.2) is 24.3 Å². The van der Waals surface area contributed by atoms with Crippen LogP contribution in [0.5, 0.6) is 0 Å². The van der Waals surface area contributed by atoms with Crippen LogP contribution < -0.4 is 5.73 Å². The van der Waals surface area contributed by atoms with Gasteiger partial charge in [0.1, 0.15) is 0 Å². The van der Waals surface area contributed by atoms with Gasteiger partial charge in [-0.3, -0.25) is 0 Å². The van der Waals surface area contributed by atoms with Gasteiger partial charge >= 0.3 is 5.97 Å². The molecule has 0 aliphatic heterocycles. The molecule has 0 heterocycles. The Morgan fingerprint density at radius 1 is 1.47 bits per heavy atom. The number of hydrogen-bond acceptors (Lipinski definition) is 3. The van der Waals surface area contributed by atoms with E-state index >= 15 is 0 Å². The third-order valence-electron chi connectivity index (χ3n) is 2.20. The van der Waals surface area contributed by atoms with Crippen LogP contribution in [-0.2, 0) is 15.1 Å². The van der Waals surface area contributed by atoms with Crippen LogP contribution in [0.25, 0.3) is 0 Å². The highest BCUT2D eigenvalue weighted by Gasteiger charge is 2.36. The minimum absolute atomic E-state index is 0.0250. The van der Waals surface area contributed by atoms with Gasteiger partial charge in [0.15, 0.2) is 5.54 Å². The molecule has 0 saturated carbocycles. The Morgan fingerprint density at radius 3 is 2.53 bits per heavy atom. The summed E-state index contributed by atoms with van der Waals surface area (Å²) >= 11 is 0. The summed E-state index contributed by atoms with van der Waals surface area (Å²) in [4.78, 5) is 11.1. The quantitative estimate of drug-likeness (QED) is 0.757. The molecule has 0 bridgehead atoms. The number of carbonyl (C=O) groups is 1. The molecule has 0 fully saturated rings. The van der Waals surface area contributed by atoms with Gasteiger partial charge in [-0.2, -0.15) is 0 Å². The molecule has 82 valence electrons. The van der Waals surface area contributed by atoms with Crippen LogP contribution in [0, 0.1) is 0 Å². The Labute approximate surface area is 88.7 Å². The Bertz CT molecular complexity index is 326. The van der Waals surface area contributed by atoms with E-state index in [0.29, 0.717) is 12.2 Å². The highest BCUT2D eigenvalue weighted by Crippen LogP contribution is 2.18. The maximum Gasteiger partial charge on any atom is 0.330 e. The highest BCUT2D eigenvalue weighted by molar-refractivity contribution is 5.80. The maximum absolute atomic E-state index is 11.1. The average Bonchev–Trinajstić information content (AvgIpc) is 2.27. The first-order valence-electron chi connectivity index (χ1n) is 4.77. The van der Waals surface area contributed by atoms with Crippen molar-refractivity contribution in [1.82, 2.24) is 0 Å². The predicted molar refractivity (Wildman–Crippen MR) is 56.4 cm³/mol. The highest BCUT2D eigenvalue weighted by atomic mass is 16.5. The average molecular weight is 209 g/mol. The van der Waals surface area contributed by atoms with E-state index in [1.54, 1.807) is 31.2 Å². The van der Waals surface area contributed by atoms with E-state index in [1.165, 1.54) is 0 Å². The minimum Gasteiger partial charge on any atom is -0.480 e. The Morgan fingerprint density at radius 2 is 2.07 bits per heavy atom. The molecule has 0 aromatic heterocycles. The maximum atomic E-state index is 11.1. The third-order valence-corrected chi connectivity index (χ3v) is 2.20. The van der Waals surface area contributed by atoms with Crippen LogP contribution >= 0.6 is 0 Å². The second-order valence-corrected chi connectivity index (χ2v) is 3.28. The number of carboxylic acids is 1. The Hall–Kier alpha value is -1.39. The molecule has 0 unspecified atom stereocenters. The van der Waals surface area contributed by atoms with Crippen molar-refractivity contribution < 1.29 is 14.6 Å². The van der Waals surface area contributed by atoms with Gasteiger partial charge < -0.3 is 15.6 Å². The molecular weight excluding hydrogens is 194 g/mol. The summed E-state index contributed by atoms with van der Waals surface area (Å²) in [5.41, 5.74) is 4.91. The number of rotatable bonds is 5. The van der Waals surface area contributed by atoms with Crippen LogP contribution in [0.1, 0.15) is 12.5 Å². The predicted octanol–water partition coefficient (Wildman–Crippen LogP) is 0.962. The first-order chi connectivity index (χ1) is 7.11. The van der Waals surface area contributed by atoms with Crippen molar-refractivity contribution in [2.45, 2.75) is 12.5 Å². The summed E-state index contributed by atoms with van der Waals surface area (Å²) in [6.07, 6.45) is 0. The van der Waals surface area contributed by atoms with E-state index in [2.05, 4.69) is 0 Å². The van der Waals surface area contributed by atoms with Gasteiger partial charge in [-0.1, -0.05) is 30.3 Å². The first-order valence-corrected chi connectivity index (χ1v) is 4.77.